The molecule has 11 heteroatoms. The van der Waals surface area contributed by atoms with Crippen LogP contribution in [-0.4, -0.2) is 29.4 Å². The Labute approximate surface area is 194 Å². The van der Waals surface area contributed by atoms with Crippen molar-refractivity contribution in [1.82, 2.24) is 0 Å². The maximum atomic E-state index is 7.56. The zero-order valence-corrected chi connectivity index (χ0v) is 20.4. The molecule has 0 saturated heterocycles. The smallest absolute Gasteiger partial charge is 1.00 e. The summed E-state index contributed by atoms with van der Waals surface area (Å²) in [6.07, 6.45) is 18.0. The third-order valence-electron chi connectivity index (χ3n) is 3.00. The Morgan fingerprint density at radius 3 is 0.522 bits per heavy atom. The van der Waals surface area contributed by atoms with Crippen molar-refractivity contribution in [3.05, 3.63) is 0 Å². The molecule has 2 rings (SSSR count). The Kier molecular flexibility index (Phi) is 25.7. The first kappa shape index (κ1) is 30.4. The van der Waals surface area contributed by atoms with Gasteiger partial charge in [-0.2, -0.15) is 0 Å². The number of hydrogen-bond acceptors (Lipinski definition) is 2. The van der Waals surface area contributed by atoms with Gasteiger partial charge in [0, 0.05) is 0 Å². The summed E-state index contributed by atoms with van der Waals surface area (Å²) in [5, 5.41) is 0. The minimum Gasteiger partial charge on any atom is -1.00 e. The van der Waals surface area contributed by atoms with Gasteiger partial charge >= 0.3 is 64.8 Å². The molecule has 0 aromatic carbocycles. The molecule has 0 aliphatic heterocycles. The van der Waals surface area contributed by atoms with Crippen LogP contribution in [0.25, 0.3) is 0 Å². The van der Waals surface area contributed by atoms with E-state index in [1.807, 2.05) is 0 Å². The molecule has 2 aliphatic rings. The maximum Gasteiger partial charge on any atom is 1.00 e. The molecular formula is C12H31KO6P2S2. The molecule has 0 amide bonds. The first-order chi connectivity index (χ1) is 10.0. The molecule has 0 radical (unpaired) electrons. The quantitative estimate of drug-likeness (QED) is 0.235. The summed E-state index contributed by atoms with van der Waals surface area (Å²) < 4.78 is 0. The predicted octanol–water partition coefficient (Wildman–Crippen LogP) is 0.173. The van der Waals surface area contributed by atoms with Crippen molar-refractivity contribution in [1.29, 1.82) is 0 Å². The van der Waals surface area contributed by atoms with E-state index in [0.717, 1.165) is 0 Å². The Morgan fingerprint density at radius 2 is 0.478 bits per heavy atom. The van der Waals surface area contributed by atoms with Crippen LogP contribution in [0, 0.1) is 0 Å². The maximum absolute atomic E-state index is 7.56. The van der Waals surface area contributed by atoms with Crippen LogP contribution in [0.3, 0.4) is 0 Å². The molecule has 6 nitrogen and oxygen atoms in total. The summed E-state index contributed by atoms with van der Waals surface area (Å²) in [7, 11) is 0. The molecule has 0 spiro atoms. The van der Waals surface area contributed by atoms with Crippen molar-refractivity contribution in [2.75, 3.05) is 0 Å². The van der Waals surface area contributed by atoms with E-state index in [-0.39, 0.29) is 52.8 Å². The topological polar surface area (TPSA) is 121 Å². The van der Waals surface area contributed by atoms with Gasteiger partial charge in [-0.15, -0.1) is 0 Å². The van der Waals surface area contributed by atoms with Crippen LogP contribution >= 0.6 is 13.4 Å². The van der Waals surface area contributed by atoms with Gasteiger partial charge in [-0.05, 0) is 23.6 Å². The molecule has 23 heavy (non-hydrogen) atoms. The van der Waals surface area contributed by atoms with Gasteiger partial charge in [-0.1, -0.05) is 77.0 Å². The fourth-order valence-corrected chi connectivity index (χ4v) is 2.12. The van der Waals surface area contributed by atoms with Crippen LogP contribution in [0.1, 0.15) is 78.5 Å². The zero-order valence-electron chi connectivity index (χ0n) is 14.9. The van der Waals surface area contributed by atoms with E-state index >= 15 is 0 Å². The Hall–Kier alpha value is 2.70. The van der Waals surface area contributed by atoms with E-state index in [0.29, 0.717) is 0 Å². The second-order valence-corrected chi connectivity index (χ2v) is 10.3. The van der Waals surface area contributed by atoms with Gasteiger partial charge in [0.1, 0.15) is 0 Å². The summed E-state index contributed by atoms with van der Waals surface area (Å²) in [4.78, 5) is 45.3. The summed E-state index contributed by atoms with van der Waals surface area (Å²) in [6.45, 7) is -7.61. The predicted molar refractivity (Wildman–Crippen MR) is 98.4 cm³/mol. The molecule has 0 aromatic rings. The standard InChI is InChI=1S/2C6H12.K.2H3O3PS.H/c2*1-2-4-6-5-3-1;;2*1-4(2,3)5;/h2*1-6H2;;2*(H3,1,2,3,5);/q;;+1;;;-1. The fraction of sp³-hybridized carbons (Fsp3) is 1.00. The van der Waals surface area contributed by atoms with Crippen molar-refractivity contribution in [2.24, 2.45) is 0 Å². The summed E-state index contributed by atoms with van der Waals surface area (Å²) in [5.74, 6) is 0. The fourth-order valence-electron chi connectivity index (χ4n) is 2.12. The van der Waals surface area contributed by atoms with Crippen molar-refractivity contribution < 1.29 is 82.2 Å². The van der Waals surface area contributed by atoms with E-state index in [1.54, 1.807) is 0 Å². The molecule has 0 aromatic heterocycles. The van der Waals surface area contributed by atoms with Crippen LogP contribution < -0.4 is 51.4 Å². The van der Waals surface area contributed by atoms with Crippen molar-refractivity contribution >= 4 is 37.1 Å². The average Bonchev–Trinajstić information content (AvgIpc) is 2.40. The third-order valence-corrected chi connectivity index (χ3v) is 3.00. The summed E-state index contributed by atoms with van der Waals surface area (Å²) in [5.41, 5.74) is 0. The van der Waals surface area contributed by atoms with Gasteiger partial charge in [-0.25, -0.2) is 0 Å². The minimum atomic E-state index is -3.81. The van der Waals surface area contributed by atoms with Crippen molar-refractivity contribution in [2.45, 2.75) is 77.0 Å². The summed E-state index contributed by atoms with van der Waals surface area (Å²) >= 11 is 7.21. The molecule has 0 bridgehead atoms. The molecule has 0 atom stereocenters. The average molecular weight is 437 g/mol. The van der Waals surface area contributed by atoms with E-state index < -0.39 is 13.4 Å². The van der Waals surface area contributed by atoms with Gasteiger partial charge in [-0.3, -0.25) is 0 Å². The van der Waals surface area contributed by atoms with Gasteiger partial charge in [0.05, 0.1) is 0 Å². The number of rotatable bonds is 0. The Bertz CT molecular complexity index is 264. The van der Waals surface area contributed by atoms with Crippen LogP contribution in [0.5, 0.6) is 0 Å². The Morgan fingerprint density at radius 1 is 0.435 bits per heavy atom. The van der Waals surface area contributed by atoms with E-state index in [9.17, 15) is 0 Å². The van der Waals surface area contributed by atoms with Gasteiger partial charge in [0.15, 0.2) is 0 Å². The first-order valence-electron chi connectivity index (χ1n) is 7.57. The van der Waals surface area contributed by atoms with Crippen LogP contribution in [0.2, 0.25) is 0 Å². The van der Waals surface area contributed by atoms with Crippen LogP contribution in [0.15, 0.2) is 0 Å². The number of hydrogen-bond donors (Lipinski definition) is 6. The van der Waals surface area contributed by atoms with Crippen LogP contribution in [-0.2, 0) is 23.6 Å². The SMILES string of the molecule is C1CCCCC1.C1CCCCC1.OP(O)(O)=S.OP(O)(O)=S.[H-].[K+]. The molecule has 0 unspecified atom stereocenters. The minimum absolute atomic E-state index is 0. The molecular weight excluding hydrogens is 405 g/mol. The first-order valence-corrected chi connectivity index (χ1v) is 12.9. The largest absolute Gasteiger partial charge is 1.00 e. The second-order valence-electron chi connectivity index (χ2n) is 5.27. The molecule has 6 N–H and O–H groups in total. The van der Waals surface area contributed by atoms with Crippen LogP contribution in [0.4, 0.5) is 0 Å². The van der Waals surface area contributed by atoms with E-state index in [4.69, 9.17) is 29.4 Å². The molecule has 2 fully saturated rings. The monoisotopic (exact) mass is 436 g/mol. The molecule has 2 aliphatic carbocycles. The van der Waals surface area contributed by atoms with E-state index in [2.05, 4.69) is 23.6 Å². The van der Waals surface area contributed by atoms with Crippen molar-refractivity contribution in [3.8, 4) is 0 Å². The van der Waals surface area contributed by atoms with Gasteiger partial charge in [0.2, 0.25) is 0 Å². The third kappa shape index (κ3) is 58.9. The normalized spacial score (nSPS) is 17.7. The van der Waals surface area contributed by atoms with Gasteiger partial charge in [0.25, 0.3) is 0 Å². The Balaban J connectivity index is -0.000000109. The van der Waals surface area contributed by atoms with E-state index in [1.165, 1.54) is 77.0 Å². The molecule has 2 saturated carbocycles. The van der Waals surface area contributed by atoms with Crippen molar-refractivity contribution in [3.63, 3.8) is 0 Å². The zero-order chi connectivity index (χ0) is 17.5. The second kappa shape index (κ2) is 19.5. The summed E-state index contributed by atoms with van der Waals surface area (Å²) in [6, 6.07) is 0. The van der Waals surface area contributed by atoms with Gasteiger partial charge < -0.3 is 30.8 Å². The molecule has 0 heterocycles. The molecule has 138 valence electrons.